The second-order valence-corrected chi connectivity index (χ2v) is 4.73. The van der Waals surface area contributed by atoms with Crippen LogP contribution in [-0.2, 0) is 5.41 Å². The third-order valence-corrected chi connectivity index (χ3v) is 3.52. The van der Waals surface area contributed by atoms with E-state index in [0.29, 0.717) is 0 Å². The Balaban J connectivity index is 2.52. The van der Waals surface area contributed by atoms with Gasteiger partial charge in [-0.15, -0.1) is 6.58 Å². The van der Waals surface area contributed by atoms with Gasteiger partial charge in [0.1, 0.15) is 5.41 Å². The Kier molecular flexibility index (Phi) is 4.17. The van der Waals surface area contributed by atoms with E-state index in [1.165, 1.54) is 0 Å². The highest BCUT2D eigenvalue weighted by atomic mass is 14.4. The maximum absolute atomic E-state index is 9.72. The van der Waals surface area contributed by atoms with Gasteiger partial charge >= 0.3 is 0 Å². The molecule has 0 fully saturated rings. The topological polar surface area (TPSA) is 23.8 Å². The molecule has 0 aromatic heterocycles. The maximum atomic E-state index is 9.72. The molecule has 0 saturated carbocycles. The zero-order valence-electron chi connectivity index (χ0n) is 11.6. The van der Waals surface area contributed by atoms with E-state index in [9.17, 15) is 5.26 Å². The van der Waals surface area contributed by atoms with Crippen LogP contribution in [0, 0.1) is 11.3 Å². The molecule has 0 N–H and O–H groups in total. The summed E-state index contributed by atoms with van der Waals surface area (Å²) in [5.74, 6) is 0. The van der Waals surface area contributed by atoms with Gasteiger partial charge in [0.2, 0.25) is 0 Å². The van der Waals surface area contributed by atoms with Crippen LogP contribution in [0.2, 0.25) is 0 Å². The predicted octanol–water partition coefficient (Wildman–Crippen LogP) is 4.74. The van der Waals surface area contributed by atoms with Crippen molar-refractivity contribution in [3.8, 4) is 6.07 Å². The molecule has 0 spiro atoms. The number of nitrogens with zero attached hydrogens (tertiary/aromatic N) is 1. The fourth-order valence-corrected chi connectivity index (χ4v) is 2.32. The Morgan fingerprint density at radius 3 is 2.10 bits per heavy atom. The van der Waals surface area contributed by atoms with Crippen LogP contribution in [0.25, 0.3) is 6.08 Å². The number of rotatable bonds is 4. The molecule has 0 aliphatic carbocycles. The quantitative estimate of drug-likeness (QED) is 0.728. The monoisotopic (exact) mass is 259 g/mol. The Morgan fingerprint density at radius 2 is 1.60 bits per heavy atom. The summed E-state index contributed by atoms with van der Waals surface area (Å²) in [5, 5.41) is 9.72. The molecule has 0 bridgehead atoms. The molecule has 98 valence electrons. The number of benzene rings is 2. The Hall–Kier alpha value is -2.59. The van der Waals surface area contributed by atoms with Gasteiger partial charge in [-0.25, -0.2) is 0 Å². The van der Waals surface area contributed by atoms with Crippen molar-refractivity contribution in [3.05, 3.63) is 90.0 Å². The molecular weight excluding hydrogens is 242 g/mol. The van der Waals surface area contributed by atoms with Crippen LogP contribution >= 0.6 is 0 Å². The molecule has 2 aromatic carbocycles. The van der Waals surface area contributed by atoms with Crippen molar-refractivity contribution in [2.75, 3.05) is 0 Å². The van der Waals surface area contributed by atoms with E-state index in [0.717, 1.165) is 16.7 Å². The van der Waals surface area contributed by atoms with Gasteiger partial charge in [0.05, 0.1) is 6.07 Å². The lowest BCUT2D eigenvalue weighted by atomic mass is 9.75. The molecule has 0 saturated heterocycles. The van der Waals surface area contributed by atoms with Gasteiger partial charge in [0.25, 0.3) is 0 Å². The summed E-state index contributed by atoms with van der Waals surface area (Å²) < 4.78 is 0. The van der Waals surface area contributed by atoms with E-state index in [1.807, 2.05) is 73.7 Å². The lowest BCUT2D eigenvalue weighted by Crippen LogP contribution is -2.22. The molecule has 1 unspecified atom stereocenters. The lowest BCUT2D eigenvalue weighted by Gasteiger charge is -2.24. The van der Waals surface area contributed by atoms with E-state index >= 15 is 0 Å². The molecule has 0 aliphatic rings. The average molecular weight is 259 g/mol. The lowest BCUT2D eigenvalue weighted by molar-refractivity contribution is 0.816. The molecule has 1 atom stereocenters. The maximum Gasteiger partial charge on any atom is 0.121 e. The minimum absolute atomic E-state index is 0.781. The van der Waals surface area contributed by atoms with E-state index in [2.05, 4.69) is 12.6 Å². The van der Waals surface area contributed by atoms with E-state index in [1.54, 1.807) is 6.08 Å². The number of hydrogen-bond donors (Lipinski definition) is 0. The SMILES string of the molecule is C=CC(C#N)(/C(C)=C/c1ccccc1)c1ccccc1. The Labute approximate surface area is 120 Å². The number of nitriles is 1. The van der Waals surface area contributed by atoms with Crippen molar-refractivity contribution < 1.29 is 0 Å². The van der Waals surface area contributed by atoms with Crippen LogP contribution in [0.5, 0.6) is 0 Å². The van der Waals surface area contributed by atoms with Gasteiger partial charge in [-0.05, 0) is 23.6 Å². The zero-order chi connectivity index (χ0) is 14.4. The third kappa shape index (κ3) is 2.55. The number of allylic oxidation sites excluding steroid dienone is 2. The highest BCUT2D eigenvalue weighted by molar-refractivity contribution is 5.61. The van der Waals surface area contributed by atoms with Crippen LogP contribution < -0.4 is 0 Å². The van der Waals surface area contributed by atoms with Gasteiger partial charge < -0.3 is 0 Å². The van der Waals surface area contributed by atoms with Crippen LogP contribution in [-0.4, -0.2) is 0 Å². The second kappa shape index (κ2) is 6.04. The van der Waals surface area contributed by atoms with Crippen LogP contribution in [0.3, 0.4) is 0 Å². The molecule has 2 rings (SSSR count). The van der Waals surface area contributed by atoms with Crippen molar-refractivity contribution in [3.63, 3.8) is 0 Å². The Bertz CT molecular complexity index is 647. The minimum atomic E-state index is -0.781. The van der Waals surface area contributed by atoms with Gasteiger partial charge in [0, 0.05) is 0 Å². The van der Waals surface area contributed by atoms with Gasteiger partial charge in [0.15, 0.2) is 0 Å². The molecule has 0 heterocycles. The molecule has 20 heavy (non-hydrogen) atoms. The van der Waals surface area contributed by atoms with Gasteiger partial charge in [-0.3, -0.25) is 0 Å². The fraction of sp³-hybridized carbons (Fsp3) is 0.105. The molecule has 0 aliphatic heterocycles. The fourth-order valence-electron chi connectivity index (χ4n) is 2.32. The van der Waals surface area contributed by atoms with Crippen LogP contribution in [0.4, 0.5) is 0 Å². The average Bonchev–Trinajstić information content (AvgIpc) is 2.51. The summed E-state index contributed by atoms with van der Waals surface area (Å²) in [6.07, 6.45) is 3.76. The standard InChI is InChI=1S/C19H17N/c1-3-19(15-20,18-12-8-5-9-13-18)16(2)14-17-10-6-4-7-11-17/h3-14H,1H2,2H3/b16-14+. The van der Waals surface area contributed by atoms with E-state index in [4.69, 9.17) is 0 Å². The second-order valence-electron chi connectivity index (χ2n) is 4.73. The Morgan fingerprint density at radius 1 is 1.05 bits per heavy atom. The number of hydrogen-bond acceptors (Lipinski definition) is 1. The largest absolute Gasteiger partial charge is 0.197 e. The molecular formula is C19H17N. The third-order valence-electron chi connectivity index (χ3n) is 3.52. The summed E-state index contributed by atoms with van der Waals surface area (Å²) >= 11 is 0. The normalized spacial score (nSPS) is 14.1. The first-order chi connectivity index (χ1) is 9.73. The van der Waals surface area contributed by atoms with E-state index in [-0.39, 0.29) is 0 Å². The molecule has 1 nitrogen and oxygen atoms in total. The van der Waals surface area contributed by atoms with Crippen molar-refractivity contribution in [1.82, 2.24) is 0 Å². The zero-order valence-corrected chi connectivity index (χ0v) is 11.6. The first-order valence-corrected chi connectivity index (χ1v) is 6.57. The van der Waals surface area contributed by atoms with Crippen molar-refractivity contribution in [2.45, 2.75) is 12.3 Å². The highest BCUT2D eigenvalue weighted by Crippen LogP contribution is 2.33. The first-order valence-electron chi connectivity index (χ1n) is 6.57. The van der Waals surface area contributed by atoms with Crippen molar-refractivity contribution >= 4 is 6.08 Å². The summed E-state index contributed by atoms with van der Waals surface area (Å²) in [4.78, 5) is 0. The smallest absolute Gasteiger partial charge is 0.121 e. The minimum Gasteiger partial charge on any atom is -0.197 e. The molecule has 2 aromatic rings. The molecule has 0 amide bonds. The van der Waals surface area contributed by atoms with Gasteiger partial charge in [-0.1, -0.05) is 72.8 Å². The van der Waals surface area contributed by atoms with Gasteiger partial charge in [-0.2, -0.15) is 5.26 Å². The molecule has 1 heteroatoms. The van der Waals surface area contributed by atoms with Crippen molar-refractivity contribution in [1.29, 1.82) is 5.26 Å². The predicted molar refractivity (Wildman–Crippen MR) is 84.0 cm³/mol. The summed E-state index contributed by atoms with van der Waals surface area (Å²) in [6, 6.07) is 22.2. The molecule has 0 radical (unpaired) electrons. The van der Waals surface area contributed by atoms with Crippen molar-refractivity contribution in [2.24, 2.45) is 0 Å². The summed E-state index contributed by atoms with van der Waals surface area (Å²) in [5.41, 5.74) is 2.22. The first kappa shape index (κ1) is 13.8. The van der Waals surface area contributed by atoms with Crippen LogP contribution in [0.15, 0.2) is 78.9 Å². The van der Waals surface area contributed by atoms with E-state index < -0.39 is 5.41 Å². The highest BCUT2D eigenvalue weighted by Gasteiger charge is 2.30. The summed E-state index contributed by atoms with van der Waals surface area (Å²) in [6.45, 7) is 5.86. The van der Waals surface area contributed by atoms with Crippen LogP contribution in [0.1, 0.15) is 18.1 Å². The summed E-state index contributed by atoms with van der Waals surface area (Å²) in [7, 11) is 0.